The summed E-state index contributed by atoms with van der Waals surface area (Å²) in [5.74, 6) is -0.443. The molecule has 1 aromatic heterocycles. The first-order valence-electron chi connectivity index (χ1n) is 11.0. The van der Waals surface area contributed by atoms with E-state index in [1.54, 1.807) is 11.0 Å². The second-order valence-electron chi connectivity index (χ2n) is 8.85. The highest BCUT2D eigenvalue weighted by Gasteiger charge is 2.44. The number of carbonyl (C=O) groups is 1. The Bertz CT molecular complexity index is 937. The summed E-state index contributed by atoms with van der Waals surface area (Å²) >= 11 is 0. The predicted molar refractivity (Wildman–Crippen MR) is 113 cm³/mol. The van der Waals surface area contributed by atoms with Gasteiger partial charge in [-0.3, -0.25) is 4.90 Å². The first-order valence-corrected chi connectivity index (χ1v) is 12.9. The maximum absolute atomic E-state index is 14.1. The highest BCUT2D eigenvalue weighted by molar-refractivity contribution is 7.88. The Kier molecular flexibility index (Phi) is 6.87. The number of sulfonamides is 1. The van der Waals surface area contributed by atoms with Gasteiger partial charge in [0.25, 0.3) is 5.88 Å². The van der Waals surface area contributed by atoms with Gasteiger partial charge in [0.15, 0.2) is 5.82 Å². The number of rotatable bonds is 2. The monoisotopic (exact) mass is 471 g/mol. The molecule has 1 aromatic rings. The van der Waals surface area contributed by atoms with Gasteiger partial charge in [0.2, 0.25) is 10.0 Å². The molecule has 5 rings (SSSR count). The molecule has 1 saturated carbocycles. The summed E-state index contributed by atoms with van der Waals surface area (Å²) in [5.41, 5.74) is 0.789. The summed E-state index contributed by atoms with van der Waals surface area (Å²) in [6.07, 6.45) is 4.29. The maximum Gasteiger partial charge on any atom is 0.410 e. The minimum absolute atomic E-state index is 0.00276. The second-order valence-corrected chi connectivity index (χ2v) is 10.6. The van der Waals surface area contributed by atoms with Gasteiger partial charge in [0, 0.05) is 23.7 Å². The van der Waals surface area contributed by atoms with Crippen LogP contribution in [0.25, 0.3) is 0 Å². The van der Waals surface area contributed by atoms with Gasteiger partial charge < -0.3 is 14.2 Å². The van der Waals surface area contributed by atoms with Crippen molar-refractivity contribution in [3.05, 3.63) is 23.6 Å². The van der Waals surface area contributed by atoms with E-state index in [-0.39, 0.29) is 43.8 Å². The van der Waals surface area contributed by atoms with Crippen LogP contribution in [-0.2, 0) is 19.5 Å². The van der Waals surface area contributed by atoms with E-state index in [9.17, 15) is 17.6 Å². The quantitative estimate of drug-likeness (QED) is 0.704. The van der Waals surface area contributed by atoms with E-state index >= 15 is 0 Å². The van der Waals surface area contributed by atoms with Crippen LogP contribution in [0.2, 0.25) is 0 Å². The summed E-state index contributed by atoms with van der Waals surface area (Å²) in [6.45, 7) is 1.94. The van der Waals surface area contributed by atoms with Gasteiger partial charge >= 0.3 is 6.09 Å². The average Bonchev–Trinajstić information content (AvgIpc) is 3.03. The lowest BCUT2D eigenvalue weighted by Crippen LogP contribution is -2.50. The fraction of sp³-hybridized carbons (Fsp3) is 0.714. The molecule has 4 aliphatic rings. The molecule has 2 fully saturated rings. The van der Waals surface area contributed by atoms with E-state index in [2.05, 4.69) is 9.71 Å². The fourth-order valence-electron chi connectivity index (χ4n) is 4.94. The van der Waals surface area contributed by atoms with Gasteiger partial charge in [0.1, 0.15) is 13.2 Å². The van der Waals surface area contributed by atoms with Crippen molar-refractivity contribution in [2.24, 2.45) is 0 Å². The van der Waals surface area contributed by atoms with Crippen molar-refractivity contribution in [1.29, 1.82) is 0 Å². The molecule has 0 spiro atoms. The zero-order valence-electron chi connectivity index (χ0n) is 18.3. The van der Waals surface area contributed by atoms with Crippen LogP contribution in [0.15, 0.2) is 12.1 Å². The number of amides is 1. The van der Waals surface area contributed by atoms with Crippen molar-refractivity contribution in [2.75, 3.05) is 26.1 Å². The third kappa shape index (κ3) is 5.32. The number of hydrogen-bond donors (Lipinski definition) is 1. The molecule has 3 atom stereocenters. The Morgan fingerprint density at radius 1 is 1.16 bits per heavy atom. The van der Waals surface area contributed by atoms with Crippen molar-refractivity contribution in [3.8, 4) is 5.88 Å². The van der Waals surface area contributed by atoms with Crippen LogP contribution in [0.3, 0.4) is 0 Å². The highest BCUT2D eigenvalue weighted by atomic mass is 32.2. The standard InChI is InChI=1S/C21H30FN3O6S/c1-13-11-18(24-32(2,27)28)19-12-31-15-5-3-14(4-6-15)17-8-7-16(22)20(23-17)29-9-10-30-21(26)25(13)19/h7-8,13-15,18-19,24H,3-6,9-12H2,1-2H3. The van der Waals surface area contributed by atoms with Crippen LogP contribution >= 0.6 is 0 Å². The Labute approximate surface area is 187 Å². The molecular formula is C21H30FN3O6S. The van der Waals surface area contributed by atoms with Gasteiger partial charge in [-0.2, -0.15) is 0 Å². The van der Waals surface area contributed by atoms with E-state index in [0.29, 0.717) is 6.42 Å². The lowest BCUT2D eigenvalue weighted by molar-refractivity contribution is -0.0119. The molecule has 1 amide bonds. The summed E-state index contributed by atoms with van der Waals surface area (Å²) in [5, 5.41) is 0. The number of nitrogens with zero attached hydrogens (tertiary/aromatic N) is 2. The molecule has 9 nitrogen and oxygen atoms in total. The van der Waals surface area contributed by atoms with E-state index in [0.717, 1.165) is 37.6 Å². The van der Waals surface area contributed by atoms with Gasteiger partial charge in [-0.1, -0.05) is 0 Å². The van der Waals surface area contributed by atoms with Gasteiger partial charge in [-0.25, -0.2) is 27.3 Å². The first-order chi connectivity index (χ1) is 15.2. The molecule has 1 aliphatic carbocycles. The number of fused-ring (bicyclic) bond motifs is 7. The van der Waals surface area contributed by atoms with Crippen LogP contribution in [0.5, 0.6) is 5.88 Å². The van der Waals surface area contributed by atoms with Crippen molar-refractivity contribution >= 4 is 16.1 Å². The molecule has 3 aliphatic heterocycles. The predicted octanol–water partition coefficient (Wildman–Crippen LogP) is 2.17. The van der Waals surface area contributed by atoms with E-state index in [1.165, 1.54) is 6.07 Å². The lowest BCUT2D eigenvalue weighted by atomic mass is 9.85. The third-order valence-electron chi connectivity index (χ3n) is 6.45. The van der Waals surface area contributed by atoms with Crippen molar-refractivity contribution < 1.29 is 31.8 Å². The minimum atomic E-state index is -3.46. The van der Waals surface area contributed by atoms with Crippen LogP contribution in [0, 0.1) is 5.82 Å². The topological polar surface area (TPSA) is 107 Å². The van der Waals surface area contributed by atoms with E-state index in [4.69, 9.17) is 14.2 Å². The summed E-state index contributed by atoms with van der Waals surface area (Å²) in [6, 6.07) is 1.88. The SMILES string of the molecule is CC1CC(NS(C)(=O)=O)C2COC3CCC(CC3)c3ccc(F)c(n3)OCCOC(=O)N12. The van der Waals surface area contributed by atoms with Crippen molar-refractivity contribution in [2.45, 2.75) is 69.2 Å². The number of carbonyl (C=O) groups excluding carboxylic acids is 1. The summed E-state index contributed by atoms with van der Waals surface area (Å²) in [7, 11) is -3.46. The Morgan fingerprint density at radius 3 is 2.59 bits per heavy atom. The smallest absolute Gasteiger partial charge is 0.410 e. The van der Waals surface area contributed by atoms with Gasteiger partial charge in [-0.15, -0.1) is 0 Å². The van der Waals surface area contributed by atoms with Crippen molar-refractivity contribution in [1.82, 2.24) is 14.6 Å². The summed E-state index contributed by atoms with van der Waals surface area (Å²) in [4.78, 5) is 18.7. The lowest BCUT2D eigenvalue weighted by Gasteiger charge is -2.33. The second kappa shape index (κ2) is 9.48. The Morgan fingerprint density at radius 2 is 1.88 bits per heavy atom. The molecule has 4 bridgehead atoms. The number of nitrogens with one attached hydrogen (secondary N) is 1. The van der Waals surface area contributed by atoms with Crippen molar-refractivity contribution in [3.63, 3.8) is 0 Å². The molecule has 1 N–H and O–H groups in total. The average molecular weight is 472 g/mol. The molecule has 32 heavy (non-hydrogen) atoms. The molecular weight excluding hydrogens is 441 g/mol. The number of halogens is 1. The van der Waals surface area contributed by atoms with Crippen LogP contribution < -0.4 is 9.46 Å². The first kappa shape index (κ1) is 23.2. The zero-order chi connectivity index (χ0) is 22.9. The molecule has 0 radical (unpaired) electrons. The minimum Gasteiger partial charge on any atom is -0.472 e. The number of ether oxygens (including phenoxy) is 3. The molecule has 4 heterocycles. The van der Waals surface area contributed by atoms with E-state index in [1.807, 2.05) is 6.92 Å². The molecule has 0 aromatic carbocycles. The van der Waals surface area contributed by atoms with Crippen LogP contribution in [0.1, 0.15) is 50.6 Å². The number of hydrogen-bond acceptors (Lipinski definition) is 7. The number of pyridine rings is 1. The molecule has 1 saturated heterocycles. The van der Waals surface area contributed by atoms with Crippen LogP contribution in [0.4, 0.5) is 9.18 Å². The summed E-state index contributed by atoms with van der Waals surface area (Å²) < 4.78 is 57.5. The number of aromatic nitrogens is 1. The van der Waals surface area contributed by atoms with Crippen LogP contribution in [-0.4, -0.2) is 74.7 Å². The molecule has 178 valence electrons. The maximum atomic E-state index is 14.1. The van der Waals surface area contributed by atoms with E-state index < -0.39 is 34.0 Å². The molecule has 11 heteroatoms. The van der Waals surface area contributed by atoms with Gasteiger partial charge in [-0.05, 0) is 51.2 Å². The third-order valence-corrected chi connectivity index (χ3v) is 7.18. The van der Waals surface area contributed by atoms with Gasteiger partial charge in [0.05, 0.1) is 25.0 Å². The molecule has 3 unspecified atom stereocenters. The Balaban J connectivity index is 1.55. The largest absolute Gasteiger partial charge is 0.472 e. The highest BCUT2D eigenvalue weighted by Crippen LogP contribution is 2.35. The normalized spacial score (nSPS) is 31.7. The Hall–Kier alpha value is -1.98. The fourth-order valence-corrected chi connectivity index (χ4v) is 5.74. The zero-order valence-corrected chi connectivity index (χ0v) is 19.1.